The molecule has 1 aromatic carbocycles. The zero-order chi connectivity index (χ0) is 16.8. The Morgan fingerprint density at radius 2 is 2.04 bits per heavy atom. The minimum atomic E-state index is -0.206. The van der Waals surface area contributed by atoms with Gasteiger partial charge in [-0.05, 0) is 30.5 Å². The molecule has 0 unspecified atom stereocenters. The maximum absolute atomic E-state index is 12.4. The first-order valence-corrected chi connectivity index (χ1v) is 8.27. The fraction of sp³-hybridized carbons (Fsp3) is 0.556. The number of methoxy groups -OCH3 is 1. The Kier molecular flexibility index (Phi) is 6.02. The average molecular weight is 318 g/mol. The number of nitrogens with zero attached hydrogens (tertiary/aromatic N) is 1. The third kappa shape index (κ3) is 3.84. The molecule has 0 spiro atoms. The number of unbranched alkanes of at least 4 members (excludes halogenated alkanes) is 1. The third-order valence-corrected chi connectivity index (χ3v) is 4.50. The third-order valence-electron chi connectivity index (χ3n) is 4.50. The summed E-state index contributed by atoms with van der Waals surface area (Å²) in [5.74, 6) is 0.703. The highest BCUT2D eigenvalue weighted by Crippen LogP contribution is 2.37. The van der Waals surface area contributed by atoms with Crippen LogP contribution in [0.3, 0.4) is 0 Å². The average Bonchev–Trinajstić information content (AvgIpc) is 2.59. The molecule has 2 atom stereocenters. The molecule has 5 nitrogen and oxygen atoms in total. The van der Waals surface area contributed by atoms with Gasteiger partial charge in [-0.1, -0.05) is 25.5 Å². The Hall–Kier alpha value is -2.04. The molecule has 1 saturated heterocycles. The van der Waals surface area contributed by atoms with Gasteiger partial charge in [0.15, 0.2) is 0 Å². The molecule has 1 heterocycles. The summed E-state index contributed by atoms with van der Waals surface area (Å²) in [5, 5.41) is 2.75. The van der Waals surface area contributed by atoms with Crippen molar-refractivity contribution in [2.75, 3.05) is 20.7 Å². The highest BCUT2D eigenvalue weighted by molar-refractivity contribution is 5.84. The summed E-state index contributed by atoms with van der Waals surface area (Å²) in [6, 6.07) is 7.47. The number of amides is 2. The van der Waals surface area contributed by atoms with Crippen molar-refractivity contribution in [2.24, 2.45) is 5.92 Å². The fourth-order valence-electron chi connectivity index (χ4n) is 3.22. The minimum absolute atomic E-state index is 0.000170. The molecule has 0 saturated carbocycles. The molecule has 1 fully saturated rings. The molecule has 1 aliphatic heterocycles. The number of carbonyl (C=O) groups is 2. The van der Waals surface area contributed by atoms with E-state index >= 15 is 0 Å². The zero-order valence-electron chi connectivity index (χ0n) is 14.2. The van der Waals surface area contributed by atoms with Gasteiger partial charge in [0.1, 0.15) is 5.75 Å². The van der Waals surface area contributed by atoms with Crippen LogP contribution in [-0.2, 0) is 9.59 Å². The second-order valence-electron chi connectivity index (χ2n) is 5.92. The molecule has 0 bridgehead atoms. The van der Waals surface area contributed by atoms with E-state index in [0.29, 0.717) is 19.4 Å². The van der Waals surface area contributed by atoms with Crippen molar-refractivity contribution < 1.29 is 14.3 Å². The Bertz CT molecular complexity index is 542. The number of hydrogen-bond acceptors (Lipinski definition) is 3. The number of benzene rings is 1. The van der Waals surface area contributed by atoms with Gasteiger partial charge >= 0.3 is 0 Å². The molecule has 1 aromatic rings. The first-order valence-electron chi connectivity index (χ1n) is 8.27. The molecule has 0 aromatic heterocycles. The largest absolute Gasteiger partial charge is 0.497 e. The van der Waals surface area contributed by atoms with Crippen LogP contribution in [0.1, 0.15) is 44.2 Å². The predicted octanol–water partition coefficient (Wildman–Crippen LogP) is 2.52. The number of hydrogen-bond donors (Lipinski definition) is 1. The molecule has 0 aliphatic carbocycles. The molecule has 2 amide bonds. The number of carbonyl (C=O) groups excluding carboxylic acids is 2. The number of nitrogens with one attached hydrogen (secondary N) is 1. The van der Waals surface area contributed by atoms with Crippen LogP contribution >= 0.6 is 0 Å². The van der Waals surface area contributed by atoms with Crippen molar-refractivity contribution in [3.05, 3.63) is 29.8 Å². The lowest BCUT2D eigenvalue weighted by Crippen LogP contribution is -2.47. The maximum Gasteiger partial charge on any atom is 0.225 e. The molecule has 23 heavy (non-hydrogen) atoms. The van der Waals surface area contributed by atoms with Crippen molar-refractivity contribution in [2.45, 2.75) is 38.6 Å². The highest BCUT2D eigenvalue weighted by Gasteiger charge is 2.39. The van der Waals surface area contributed by atoms with Crippen molar-refractivity contribution in [1.82, 2.24) is 10.2 Å². The summed E-state index contributed by atoms with van der Waals surface area (Å²) >= 11 is 0. The fourth-order valence-corrected chi connectivity index (χ4v) is 3.22. The summed E-state index contributed by atoms with van der Waals surface area (Å²) in [6.45, 7) is 2.80. The van der Waals surface area contributed by atoms with Gasteiger partial charge in [0.2, 0.25) is 11.8 Å². The lowest BCUT2D eigenvalue weighted by Gasteiger charge is -2.40. The number of ether oxygens (including phenoxy) is 1. The van der Waals surface area contributed by atoms with E-state index in [2.05, 4.69) is 12.2 Å². The van der Waals surface area contributed by atoms with Gasteiger partial charge in [-0.25, -0.2) is 0 Å². The molecule has 1 aliphatic rings. The van der Waals surface area contributed by atoms with Crippen LogP contribution in [0.4, 0.5) is 0 Å². The van der Waals surface area contributed by atoms with E-state index in [1.165, 1.54) is 0 Å². The lowest BCUT2D eigenvalue weighted by atomic mass is 9.83. The van der Waals surface area contributed by atoms with Gasteiger partial charge in [-0.3, -0.25) is 9.59 Å². The minimum Gasteiger partial charge on any atom is -0.497 e. The van der Waals surface area contributed by atoms with Gasteiger partial charge in [0, 0.05) is 20.0 Å². The van der Waals surface area contributed by atoms with Crippen LogP contribution in [0, 0.1) is 5.92 Å². The van der Waals surface area contributed by atoms with Crippen LogP contribution in [-0.4, -0.2) is 37.4 Å². The van der Waals surface area contributed by atoms with E-state index < -0.39 is 0 Å². The van der Waals surface area contributed by atoms with Crippen molar-refractivity contribution in [1.29, 1.82) is 0 Å². The van der Waals surface area contributed by atoms with Gasteiger partial charge in [-0.2, -0.15) is 0 Å². The van der Waals surface area contributed by atoms with Crippen molar-refractivity contribution >= 4 is 11.8 Å². The maximum atomic E-state index is 12.4. The van der Waals surface area contributed by atoms with E-state index in [0.717, 1.165) is 24.2 Å². The Balaban J connectivity index is 2.36. The molecular formula is C18H26N2O3. The zero-order valence-corrected chi connectivity index (χ0v) is 14.2. The molecule has 0 radical (unpaired) electrons. The van der Waals surface area contributed by atoms with Gasteiger partial charge in [0.05, 0.1) is 19.1 Å². The van der Waals surface area contributed by atoms with Gasteiger partial charge in [-0.15, -0.1) is 0 Å². The summed E-state index contributed by atoms with van der Waals surface area (Å²) in [5.41, 5.74) is 0.989. The molecule has 2 rings (SSSR count). The van der Waals surface area contributed by atoms with Crippen LogP contribution in [0.2, 0.25) is 0 Å². The SMILES string of the molecule is CCCCN1C(=O)CC[C@@H](C(=O)NC)[C@@H]1c1ccc(OC)cc1. The van der Waals surface area contributed by atoms with E-state index in [4.69, 9.17) is 4.74 Å². The van der Waals surface area contributed by atoms with Crippen molar-refractivity contribution in [3.8, 4) is 5.75 Å². The predicted molar refractivity (Wildman–Crippen MR) is 89.1 cm³/mol. The summed E-state index contributed by atoms with van der Waals surface area (Å²) in [4.78, 5) is 26.6. The smallest absolute Gasteiger partial charge is 0.225 e. The first kappa shape index (κ1) is 17.3. The molecule has 1 N–H and O–H groups in total. The van der Waals surface area contributed by atoms with E-state index in [1.54, 1.807) is 14.2 Å². The Labute approximate surface area is 138 Å². The van der Waals surface area contributed by atoms with Crippen molar-refractivity contribution in [3.63, 3.8) is 0 Å². The second-order valence-corrected chi connectivity index (χ2v) is 5.92. The van der Waals surface area contributed by atoms with E-state index in [9.17, 15) is 9.59 Å². The number of likely N-dealkylation sites (tertiary alicyclic amines) is 1. The van der Waals surface area contributed by atoms with E-state index in [1.807, 2.05) is 29.2 Å². The van der Waals surface area contributed by atoms with Crippen LogP contribution in [0.5, 0.6) is 5.75 Å². The van der Waals surface area contributed by atoms with Crippen LogP contribution < -0.4 is 10.1 Å². The lowest BCUT2D eigenvalue weighted by molar-refractivity contribution is -0.143. The molecule has 126 valence electrons. The number of piperidine rings is 1. The summed E-state index contributed by atoms with van der Waals surface area (Å²) in [6.07, 6.45) is 2.99. The van der Waals surface area contributed by atoms with E-state index in [-0.39, 0.29) is 23.8 Å². The highest BCUT2D eigenvalue weighted by atomic mass is 16.5. The summed E-state index contributed by atoms with van der Waals surface area (Å²) < 4.78 is 5.21. The molecule has 5 heteroatoms. The quantitative estimate of drug-likeness (QED) is 0.877. The van der Waals surface area contributed by atoms with Gasteiger partial charge < -0.3 is 15.0 Å². The monoisotopic (exact) mass is 318 g/mol. The van der Waals surface area contributed by atoms with Crippen LogP contribution in [0.15, 0.2) is 24.3 Å². The number of rotatable bonds is 6. The first-order chi connectivity index (χ1) is 11.1. The topological polar surface area (TPSA) is 58.6 Å². The van der Waals surface area contributed by atoms with Crippen LogP contribution in [0.25, 0.3) is 0 Å². The summed E-state index contributed by atoms with van der Waals surface area (Å²) in [7, 11) is 3.28. The standard InChI is InChI=1S/C18H26N2O3/c1-4-5-12-20-16(21)11-10-15(18(22)19-2)17(20)13-6-8-14(23-3)9-7-13/h6-9,15,17H,4-5,10-12H2,1-3H3,(H,19,22)/t15-,17+/m1/s1. The second kappa shape index (κ2) is 7.99. The normalized spacial score (nSPS) is 21.2. The Morgan fingerprint density at radius 3 is 2.61 bits per heavy atom. The van der Waals surface area contributed by atoms with Gasteiger partial charge in [0.25, 0.3) is 0 Å². The molecular weight excluding hydrogens is 292 g/mol. The Morgan fingerprint density at radius 1 is 1.35 bits per heavy atom.